The highest BCUT2D eigenvalue weighted by molar-refractivity contribution is 5.77. The summed E-state index contributed by atoms with van der Waals surface area (Å²) >= 11 is 0. The van der Waals surface area contributed by atoms with Gasteiger partial charge in [0.2, 0.25) is 5.91 Å². The monoisotopic (exact) mass is 344 g/mol. The number of hydrogen-bond donors (Lipinski definition) is 1. The van der Waals surface area contributed by atoms with Crippen LogP contribution in [-0.4, -0.2) is 60.6 Å². The molecule has 2 fully saturated rings. The Bertz CT molecular complexity index is 308. The number of likely N-dealkylation sites (tertiary alicyclic amines) is 2. The fraction of sp³-hybridized carbons (Fsp3) is 0.950. The van der Waals surface area contributed by atoms with E-state index in [0.29, 0.717) is 0 Å². The molecule has 0 unspecified atom stereocenters. The SMILES string of the molecule is CC.CC(C)C.CN1CCC(CC2CCN(C(=O)CO)CC2)CC1.[HH]. The molecule has 146 valence electrons. The molecule has 0 radical (unpaired) electrons. The lowest BCUT2D eigenvalue weighted by atomic mass is 9.83. The third kappa shape index (κ3) is 10.3. The lowest BCUT2D eigenvalue weighted by molar-refractivity contribution is -0.135. The van der Waals surface area contributed by atoms with Crippen molar-refractivity contribution in [3.63, 3.8) is 0 Å². The third-order valence-electron chi connectivity index (χ3n) is 4.61. The van der Waals surface area contributed by atoms with E-state index in [0.717, 1.165) is 43.7 Å². The van der Waals surface area contributed by atoms with E-state index in [-0.39, 0.29) is 13.9 Å². The molecule has 2 aliphatic rings. The minimum atomic E-state index is -0.334. The second kappa shape index (κ2) is 13.7. The number of piperidine rings is 2. The molecule has 0 bridgehead atoms. The van der Waals surface area contributed by atoms with Crippen LogP contribution in [-0.2, 0) is 4.79 Å². The summed E-state index contributed by atoms with van der Waals surface area (Å²) in [5, 5.41) is 8.84. The molecule has 0 spiro atoms. The van der Waals surface area contributed by atoms with Gasteiger partial charge in [-0.1, -0.05) is 34.6 Å². The van der Waals surface area contributed by atoms with Gasteiger partial charge in [-0.25, -0.2) is 0 Å². The fourth-order valence-electron chi connectivity index (χ4n) is 3.29. The summed E-state index contributed by atoms with van der Waals surface area (Å²) < 4.78 is 0. The van der Waals surface area contributed by atoms with E-state index in [4.69, 9.17) is 5.11 Å². The molecule has 0 aromatic rings. The first kappa shape index (κ1) is 23.4. The highest BCUT2D eigenvalue weighted by Crippen LogP contribution is 2.29. The molecule has 0 aromatic heterocycles. The Kier molecular flexibility index (Phi) is 13.3. The van der Waals surface area contributed by atoms with Crippen LogP contribution in [0.1, 0.15) is 68.1 Å². The fourth-order valence-corrected chi connectivity index (χ4v) is 3.29. The summed E-state index contributed by atoms with van der Waals surface area (Å²) in [6.07, 6.45) is 6.27. The van der Waals surface area contributed by atoms with Crippen LogP contribution in [0.2, 0.25) is 0 Å². The number of carbonyl (C=O) groups excluding carboxylic acids is 1. The molecule has 2 aliphatic heterocycles. The van der Waals surface area contributed by atoms with Crippen LogP contribution in [0.5, 0.6) is 0 Å². The van der Waals surface area contributed by atoms with Gasteiger partial charge in [0.25, 0.3) is 0 Å². The molecular formula is C20H44N2O2. The molecule has 4 nitrogen and oxygen atoms in total. The predicted molar refractivity (Wildman–Crippen MR) is 105 cm³/mol. The largest absolute Gasteiger partial charge is 0.387 e. The topological polar surface area (TPSA) is 43.8 Å². The van der Waals surface area contributed by atoms with Crippen molar-refractivity contribution in [1.82, 2.24) is 9.80 Å². The van der Waals surface area contributed by atoms with Gasteiger partial charge in [-0.2, -0.15) is 0 Å². The van der Waals surface area contributed by atoms with Crippen molar-refractivity contribution in [2.45, 2.75) is 66.7 Å². The first-order valence-electron chi connectivity index (χ1n) is 9.99. The summed E-state index contributed by atoms with van der Waals surface area (Å²) in [5.41, 5.74) is 0. The lowest BCUT2D eigenvalue weighted by Gasteiger charge is -2.35. The molecule has 24 heavy (non-hydrogen) atoms. The molecule has 2 heterocycles. The van der Waals surface area contributed by atoms with Gasteiger partial charge in [0.15, 0.2) is 0 Å². The van der Waals surface area contributed by atoms with Gasteiger partial charge in [-0.15, -0.1) is 0 Å². The van der Waals surface area contributed by atoms with Gasteiger partial charge >= 0.3 is 0 Å². The molecule has 4 heteroatoms. The Labute approximate surface area is 152 Å². The van der Waals surface area contributed by atoms with Gasteiger partial charge in [0.05, 0.1) is 0 Å². The van der Waals surface area contributed by atoms with E-state index in [9.17, 15) is 4.79 Å². The zero-order chi connectivity index (χ0) is 18.5. The Balaban J connectivity index is 0. The summed E-state index contributed by atoms with van der Waals surface area (Å²) in [7, 11) is 2.20. The van der Waals surface area contributed by atoms with Crippen LogP contribution in [0.4, 0.5) is 0 Å². The second-order valence-corrected chi connectivity index (χ2v) is 7.70. The average molecular weight is 345 g/mol. The van der Waals surface area contributed by atoms with E-state index >= 15 is 0 Å². The third-order valence-corrected chi connectivity index (χ3v) is 4.61. The van der Waals surface area contributed by atoms with Crippen molar-refractivity contribution in [1.29, 1.82) is 0 Å². The molecule has 0 saturated carbocycles. The number of rotatable bonds is 3. The standard InChI is InChI=1S/C14H26N2O2.C4H10.C2H6.H2/c1-15-6-2-12(3-7-15)10-13-4-8-16(9-5-13)14(18)11-17;1-4(2)3;1-2;/h12-13,17H,2-11H2,1H3;4H,1-3H3;1-2H3;1H. The van der Waals surface area contributed by atoms with Crippen LogP contribution in [0.3, 0.4) is 0 Å². The smallest absolute Gasteiger partial charge is 0.248 e. The minimum absolute atomic E-state index is 0. The van der Waals surface area contributed by atoms with Crippen molar-refractivity contribution in [2.75, 3.05) is 39.8 Å². The summed E-state index contributed by atoms with van der Waals surface area (Å²) in [6.45, 7) is 14.3. The van der Waals surface area contributed by atoms with E-state index in [1.807, 2.05) is 18.7 Å². The first-order valence-corrected chi connectivity index (χ1v) is 9.99. The molecule has 0 aromatic carbocycles. The van der Waals surface area contributed by atoms with Gasteiger partial charge in [-0.05, 0) is 70.0 Å². The first-order chi connectivity index (χ1) is 11.4. The van der Waals surface area contributed by atoms with Gasteiger partial charge in [0, 0.05) is 14.5 Å². The Morgan fingerprint density at radius 1 is 1.00 bits per heavy atom. The van der Waals surface area contributed by atoms with Gasteiger partial charge < -0.3 is 14.9 Å². The van der Waals surface area contributed by atoms with Crippen molar-refractivity contribution < 1.29 is 11.3 Å². The van der Waals surface area contributed by atoms with E-state index in [1.165, 1.54) is 32.4 Å². The zero-order valence-electron chi connectivity index (χ0n) is 17.1. The molecule has 2 saturated heterocycles. The number of carbonyl (C=O) groups is 1. The van der Waals surface area contributed by atoms with Crippen LogP contribution in [0.25, 0.3) is 0 Å². The van der Waals surface area contributed by atoms with Gasteiger partial charge in [-0.3, -0.25) is 4.79 Å². The average Bonchev–Trinajstić information content (AvgIpc) is 2.58. The van der Waals surface area contributed by atoms with Crippen molar-refractivity contribution in [3.8, 4) is 0 Å². The van der Waals surface area contributed by atoms with E-state index in [1.54, 1.807) is 0 Å². The van der Waals surface area contributed by atoms with Crippen LogP contribution in [0.15, 0.2) is 0 Å². The Morgan fingerprint density at radius 3 is 1.75 bits per heavy atom. The van der Waals surface area contributed by atoms with Crippen LogP contribution in [0, 0.1) is 17.8 Å². The summed E-state index contributed by atoms with van der Waals surface area (Å²) in [6, 6.07) is 0. The number of aliphatic hydroxyl groups excluding tert-OH is 1. The van der Waals surface area contributed by atoms with Crippen molar-refractivity contribution >= 4 is 5.91 Å². The molecule has 1 amide bonds. The zero-order valence-corrected chi connectivity index (χ0v) is 17.1. The quantitative estimate of drug-likeness (QED) is 0.845. The molecule has 0 atom stereocenters. The number of hydrogen-bond acceptors (Lipinski definition) is 3. The highest BCUT2D eigenvalue weighted by Gasteiger charge is 2.25. The van der Waals surface area contributed by atoms with Crippen molar-refractivity contribution in [3.05, 3.63) is 0 Å². The lowest BCUT2D eigenvalue weighted by Crippen LogP contribution is -2.40. The molecule has 0 aliphatic carbocycles. The Hall–Kier alpha value is -0.610. The second-order valence-electron chi connectivity index (χ2n) is 7.70. The number of nitrogens with zero attached hydrogens (tertiary/aromatic N) is 2. The van der Waals surface area contributed by atoms with Crippen molar-refractivity contribution in [2.24, 2.45) is 17.8 Å². The summed E-state index contributed by atoms with van der Waals surface area (Å²) in [5.74, 6) is 2.42. The maximum Gasteiger partial charge on any atom is 0.248 e. The Morgan fingerprint density at radius 2 is 1.38 bits per heavy atom. The number of amides is 1. The van der Waals surface area contributed by atoms with E-state index < -0.39 is 0 Å². The van der Waals surface area contributed by atoms with Crippen LogP contribution >= 0.6 is 0 Å². The predicted octanol–water partition coefficient (Wildman–Crippen LogP) is 3.88. The molecule has 2 rings (SSSR count). The van der Waals surface area contributed by atoms with E-state index in [2.05, 4.69) is 32.7 Å². The van der Waals surface area contributed by atoms with Crippen LogP contribution < -0.4 is 0 Å². The van der Waals surface area contributed by atoms with Gasteiger partial charge in [0.1, 0.15) is 6.61 Å². The maximum absolute atomic E-state index is 11.4. The molecular weight excluding hydrogens is 300 g/mol. The maximum atomic E-state index is 11.4. The highest BCUT2D eigenvalue weighted by atomic mass is 16.3. The molecule has 1 N–H and O–H groups in total. The normalized spacial score (nSPS) is 20.1. The minimum Gasteiger partial charge on any atom is -0.387 e. The number of aliphatic hydroxyl groups is 1. The summed E-state index contributed by atoms with van der Waals surface area (Å²) in [4.78, 5) is 15.6.